The Hall–Kier alpha value is -3.22. The maximum Gasteiger partial charge on any atom is 0.410 e. The number of amides is 1. The van der Waals surface area contributed by atoms with Crippen LogP contribution in [0.25, 0.3) is 0 Å². The van der Waals surface area contributed by atoms with E-state index in [0.29, 0.717) is 25.4 Å². The number of hydrogen-bond acceptors (Lipinski definition) is 6. The van der Waals surface area contributed by atoms with E-state index in [1.165, 1.54) is 12.5 Å². The normalized spacial score (nSPS) is 17.8. The number of ether oxygens (including phenoxy) is 3. The van der Waals surface area contributed by atoms with Crippen molar-refractivity contribution in [1.29, 1.82) is 0 Å². The maximum atomic E-state index is 12.3. The van der Waals surface area contributed by atoms with Crippen molar-refractivity contribution in [2.45, 2.75) is 19.3 Å². The van der Waals surface area contributed by atoms with E-state index in [4.69, 9.17) is 14.2 Å². The van der Waals surface area contributed by atoms with Gasteiger partial charge in [0, 0.05) is 33.1 Å². The molecular formula is C21H23N3O4. The zero-order valence-electron chi connectivity index (χ0n) is 15.8. The average Bonchev–Trinajstić information content (AvgIpc) is 3.21. The van der Waals surface area contributed by atoms with Gasteiger partial charge < -0.3 is 24.0 Å². The lowest BCUT2D eigenvalue weighted by atomic mass is 10.2. The molecular weight excluding hydrogens is 358 g/mol. The number of carbonyl (C=O) groups is 1. The smallest absolute Gasteiger partial charge is 0.410 e. The molecule has 0 N–H and O–H groups in total. The van der Waals surface area contributed by atoms with Gasteiger partial charge in [0.25, 0.3) is 5.79 Å². The first-order valence-electron chi connectivity index (χ1n) is 9.32. The minimum absolute atomic E-state index is 0.270. The van der Waals surface area contributed by atoms with E-state index < -0.39 is 5.79 Å². The summed E-state index contributed by atoms with van der Waals surface area (Å²) in [4.78, 5) is 20.7. The van der Waals surface area contributed by atoms with E-state index >= 15 is 0 Å². The van der Waals surface area contributed by atoms with E-state index in [1.807, 2.05) is 55.6 Å². The lowest BCUT2D eigenvalue weighted by Crippen LogP contribution is -2.49. The Labute approximate surface area is 164 Å². The predicted octanol–water partition coefficient (Wildman–Crippen LogP) is 3.23. The van der Waals surface area contributed by atoms with Gasteiger partial charge >= 0.3 is 6.09 Å². The summed E-state index contributed by atoms with van der Waals surface area (Å²) in [6.45, 7) is 4.81. The molecule has 146 valence electrons. The van der Waals surface area contributed by atoms with E-state index in [2.05, 4.69) is 9.88 Å². The summed E-state index contributed by atoms with van der Waals surface area (Å²) < 4.78 is 16.4. The molecule has 0 aliphatic carbocycles. The zero-order valence-corrected chi connectivity index (χ0v) is 15.8. The number of aromatic nitrogens is 1. The second-order valence-corrected chi connectivity index (χ2v) is 6.87. The van der Waals surface area contributed by atoms with Crippen LogP contribution in [-0.4, -0.2) is 42.2 Å². The Bertz CT molecular complexity index is 822. The second kappa shape index (κ2) is 7.80. The minimum atomic E-state index is -0.861. The van der Waals surface area contributed by atoms with Crippen molar-refractivity contribution in [1.82, 2.24) is 9.88 Å². The van der Waals surface area contributed by atoms with Crippen molar-refractivity contribution in [3.8, 4) is 0 Å². The number of anilines is 1. The monoisotopic (exact) mass is 381 g/mol. The van der Waals surface area contributed by atoms with Crippen LogP contribution in [0.3, 0.4) is 0 Å². The summed E-state index contributed by atoms with van der Waals surface area (Å²) in [7, 11) is 0. The first-order chi connectivity index (χ1) is 13.6. The van der Waals surface area contributed by atoms with Gasteiger partial charge in [0.15, 0.2) is 0 Å². The Kier molecular flexibility index (Phi) is 5.06. The number of hydrogen-bond donors (Lipinski definition) is 0. The van der Waals surface area contributed by atoms with Gasteiger partial charge in [-0.3, -0.25) is 4.98 Å². The molecule has 28 heavy (non-hydrogen) atoms. The summed E-state index contributed by atoms with van der Waals surface area (Å²) in [5.41, 5.74) is 2.71. The largest absolute Gasteiger partial charge is 0.452 e. The first kappa shape index (κ1) is 18.2. The fourth-order valence-corrected chi connectivity index (χ4v) is 3.26. The van der Waals surface area contributed by atoms with Crippen LogP contribution in [0.2, 0.25) is 0 Å². The first-order valence-corrected chi connectivity index (χ1v) is 9.32. The van der Waals surface area contributed by atoms with Crippen molar-refractivity contribution in [2.24, 2.45) is 0 Å². The molecule has 0 spiro atoms. The van der Waals surface area contributed by atoms with Crippen molar-refractivity contribution in [3.05, 3.63) is 72.4 Å². The fraction of sp³-hybridized carbons (Fsp3) is 0.333. The maximum absolute atomic E-state index is 12.3. The standard InChI is InChI=1S/C21H23N3O4/c1-21(27-13-14-28-21)19-8-7-18(15-22-19)23-9-11-24(12-10-23)20(25)26-16-17-5-3-2-4-6-17/h2-8,13-15H,9-12,16H2,1H3. The Balaban J connectivity index is 1.28. The Morgan fingerprint density at radius 3 is 2.43 bits per heavy atom. The second-order valence-electron chi connectivity index (χ2n) is 6.87. The van der Waals surface area contributed by atoms with Gasteiger partial charge in [0.1, 0.15) is 24.8 Å². The molecule has 0 saturated carbocycles. The van der Waals surface area contributed by atoms with Crippen LogP contribution in [0.1, 0.15) is 18.2 Å². The van der Waals surface area contributed by atoms with Crippen molar-refractivity contribution in [2.75, 3.05) is 31.1 Å². The summed E-state index contributed by atoms with van der Waals surface area (Å²) in [5, 5.41) is 0. The SMILES string of the molecule is CC1(c2ccc(N3CCN(C(=O)OCc4ccccc4)CC3)cn2)OC=CO1. The van der Waals surface area contributed by atoms with Gasteiger partial charge in [0.05, 0.1) is 11.9 Å². The molecule has 1 fully saturated rings. The van der Waals surface area contributed by atoms with Crippen LogP contribution < -0.4 is 4.90 Å². The summed E-state index contributed by atoms with van der Waals surface area (Å²) in [6.07, 6.45) is 4.58. The minimum Gasteiger partial charge on any atom is -0.452 e. The third-order valence-electron chi connectivity index (χ3n) is 4.96. The molecule has 0 atom stereocenters. The molecule has 0 unspecified atom stereocenters. The highest BCUT2D eigenvalue weighted by Crippen LogP contribution is 2.30. The molecule has 2 aliphatic rings. The number of pyridine rings is 1. The lowest BCUT2D eigenvalue weighted by Gasteiger charge is -2.35. The molecule has 1 aromatic carbocycles. The highest BCUT2D eigenvalue weighted by molar-refractivity contribution is 5.68. The van der Waals surface area contributed by atoms with E-state index in [9.17, 15) is 4.79 Å². The van der Waals surface area contributed by atoms with Gasteiger partial charge in [-0.1, -0.05) is 30.3 Å². The van der Waals surface area contributed by atoms with Crippen LogP contribution >= 0.6 is 0 Å². The summed E-state index contributed by atoms with van der Waals surface area (Å²) in [5.74, 6) is -0.861. The van der Waals surface area contributed by atoms with Crippen LogP contribution in [0.15, 0.2) is 61.2 Å². The number of piperazine rings is 1. The van der Waals surface area contributed by atoms with Gasteiger partial charge in [-0.05, 0) is 17.7 Å². The third kappa shape index (κ3) is 3.88. The van der Waals surface area contributed by atoms with Crippen LogP contribution in [0.5, 0.6) is 0 Å². The Morgan fingerprint density at radius 2 is 1.79 bits per heavy atom. The number of benzene rings is 1. The highest BCUT2D eigenvalue weighted by Gasteiger charge is 2.33. The predicted molar refractivity (Wildman–Crippen MR) is 103 cm³/mol. The van der Waals surface area contributed by atoms with Crippen LogP contribution in [-0.2, 0) is 26.6 Å². The van der Waals surface area contributed by atoms with Crippen LogP contribution in [0.4, 0.5) is 10.5 Å². The molecule has 1 amide bonds. The number of nitrogens with zero attached hydrogens (tertiary/aromatic N) is 3. The quantitative estimate of drug-likeness (QED) is 0.810. The Morgan fingerprint density at radius 1 is 1.07 bits per heavy atom. The van der Waals surface area contributed by atoms with E-state index in [1.54, 1.807) is 4.90 Å². The molecule has 1 saturated heterocycles. The summed E-state index contributed by atoms with van der Waals surface area (Å²) in [6, 6.07) is 13.6. The zero-order chi connectivity index (χ0) is 19.4. The topological polar surface area (TPSA) is 64.1 Å². The molecule has 7 heteroatoms. The van der Waals surface area contributed by atoms with Crippen molar-refractivity contribution < 1.29 is 19.0 Å². The van der Waals surface area contributed by atoms with Crippen molar-refractivity contribution in [3.63, 3.8) is 0 Å². The summed E-state index contributed by atoms with van der Waals surface area (Å²) >= 11 is 0. The van der Waals surface area contributed by atoms with Gasteiger partial charge in [-0.25, -0.2) is 4.79 Å². The molecule has 7 nitrogen and oxygen atoms in total. The highest BCUT2D eigenvalue weighted by atomic mass is 16.7. The van der Waals surface area contributed by atoms with Gasteiger partial charge in [-0.15, -0.1) is 0 Å². The molecule has 2 aromatic rings. The molecule has 0 bridgehead atoms. The average molecular weight is 381 g/mol. The van der Waals surface area contributed by atoms with Crippen LogP contribution in [0, 0.1) is 0 Å². The van der Waals surface area contributed by atoms with E-state index in [-0.39, 0.29) is 6.09 Å². The third-order valence-corrected chi connectivity index (χ3v) is 4.96. The number of rotatable bonds is 4. The fourth-order valence-electron chi connectivity index (χ4n) is 3.26. The lowest BCUT2D eigenvalue weighted by molar-refractivity contribution is -0.136. The van der Waals surface area contributed by atoms with Gasteiger partial charge in [-0.2, -0.15) is 0 Å². The van der Waals surface area contributed by atoms with E-state index in [0.717, 1.165) is 24.3 Å². The molecule has 2 aliphatic heterocycles. The van der Waals surface area contributed by atoms with Gasteiger partial charge in [0.2, 0.25) is 0 Å². The molecule has 3 heterocycles. The molecule has 1 aromatic heterocycles. The molecule has 0 radical (unpaired) electrons. The number of carbonyl (C=O) groups excluding carboxylic acids is 1. The molecule has 4 rings (SSSR count). The van der Waals surface area contributed by atoms with Crippen molar-refractivity contribution >= 4 is 11.8 Å².